The van der Waals surface area contributed by atoms with Crippen molar-refractivity contribution in [2.75, 3.05) is 7.11 Å². The molecular weight excluding hydrogens is 254 g/mol. The minimum atomic E-state index is -0.0543. The van der Waals surface area contributed by atoms with E-state index in [1.54, 1.807) is 25.7 Å². The minimum absolute atomic E-state index is 0.0543. The fourth-order valence-electron chi connectivity index (χ4n) is 2.27. The third-order valence-corrected chi connectivity index (χ3v) is 3.22. The molecule has 0 radical (unpaired) electrons. The van der Waals surface area contributed by atoms with E-state index < -0.39 is 0 Å². The normalized spacial score (nSPS) is 12.3. The number of hydrogen-bond acceptors (Lipinski definition) is 5. The number of aromatic nitrogens is 3. The van der Waals surface area contributed by atoms with E-state index in [2.05, 4.69) is 22.4 Å². The molecular formula is C14H21N5O. The van der Waals surface area contributed by atoms with Crippen molar-refractivity contribution in [1.29, 1.82) is 0 Å². The van der Waals surface area contributed by atoms with Gasteiger partial charge in [0.2, 0.25) is 0 Å². The molecule has 6 nitrogen and oxygen atoms in total. The van der Waals surface area contributed by atoms with Crippen LogP contribution < -0.4 is 16.0 Å². The number of nitrogens with one attached hydrogen (secondary N) is 1. The van der Waals surface area contributed by atoms with Crippen LogP contribution in [0.15, 0.2) is 30.7 Å². The Hall–Kier alpha value is -1.92. The van der Waals surface area contributed by atoms with Crippen molar-refractivity contribution < 1.29 is 4.74 Å². The van der Waals surface area contributed by atoms with Crippen LogP contribution in [-0.4, -0.2) is 21.9 Å². The third kappa shape index (κ3) is 3.15. The van der Waals surface area contributed by atoms with Gasteiger partial charge >= 0.3 is 0 Å². The summed E-state index contributed by atoms with van der Waals surface area (Å²) >= 11 is 0. The molecule has 0 saturated carbocycles. The average Bonchev–Trinajstić information content (AvgIpc) is 2.89. The van der Waals surface area contributed by atoms with Gasteiger partial charge in [-0.3, -0.25) is 20.9 Å². The number of nitrogens with two attached hydrogens (primary N) is 1. The van der Waals surface area contributed by atoms with Crippen molar-refractivity contribution in [2.45, 2.75) is 32.4 Å². The second-order valence-corrected chi connectivity index (χ2v) is 4.60. The van der Waals surface area contributed by atoms with Crippen LogP contribution in [-0.2, 0) is 13.0 Å². The molecule has 0 aromatic carbocycles. The Morgan fingerprint density at radius 3 is 2.75 bits per heavy atom. The highest BCUT2D eigenvalue weighted by atomic mass is 16.5. The Balaban J connectivity index is 2.28. The van der Waals surface area contributed by atoms with Crippen molar-refractivity contribution >= 4 is 0 Å². The van der Waals surface area contributed by atoms with Gasteiger partial charge < -0.3 is 4.74 Å². The van der Waals surface area contributed by atoms with Gasteiger partial charge in [-0.15, -0.1) is 0 Å². The van der Waals surface area contributed by atoms with Gasteiger partial charge in [0.25, 0.3) is 0 Å². The molecule has 0 aliphatic carbocycles. The molecule has 1 atom stereocenters. The highest BCUT2D eigenvalue weighted by molar-refractivity contribution is 5.30. The van der Waals surface area contributed by atoms with Crippen molar-refractivity contribution in [2.24, 2.45) is 5.84 Å². The topological polar surface area (TPSA) is 78.0 Å². The van der Waals surface area contributed by atoms with Crippen LogP contribution in [0.4, 0.5) is 0 Å². The van der Waals surface area contributed by atoms with Crippen LogP contribution in [0.3, 0.4) is 0 Å². The molecule has 0 saturated heterocycles. The fourth-order valence-corrected chi connectivity index (χ4v) is 2.27. The number of hydrazine groups is 1. The Kier molecular flexibility index (Phi) is 5.09. The smallest absolute Gasteiger partial charge is 0.161 e. The maximum absolute atomic E-state index is 5.74. The first-order chi connectivity index (χ1) is 9.80. The predicted molar refractivity (Wildman–Crippen MR) is 77.1 cm³/mol. The van der Waals surface area contributed by atoms with E-state index in [9.17, 15) is 0 Å². The molecule has 3 N–H and O–H groups in total. The zero-order chi connectivity index (χ0) is 14.4. The van der Waals surface area contributed by atoms with E-state index in [1.165, 1.54) is 0 Å². The maximum Gasteiger partial charge on any atom is 0.161 e. The van der Waals surface area contributed by atoms with Gasteiger partial charge in [-0.2, -0.15) is 5.10 Å². The summed E-state index contributed by atoms with van der Waals surface area (Å²) in [7, 11) is 1.65. The number of nitrogens with zero attached hydrogens (tertiary/aromatic N) is 3. The Labute approximate surface area is 118 Å². The van der Waals surface area contributed by atoms with Gasteiger partial charge in [0.1, 0.15) is 0 Å². The SMILES string of the molecule is CCCn1ncc(OC)c1C(Cc1ccncc1)NN. The molecule has 0 fully saturated rings. The van der Waals surface area contributed by atoms with E-state index >= 15 is 0 Å². The number of hydrogen-bond donors (Lipinski definition) is 2. The molecule has 0 spiro atoms. The van der Waals surface area contributed by atoms with Crippen molar-refractivity contribution in [3.63, 3.8) is 0 Å². The van der Waals surface area contributed by atoms with Crippen LogP contribution in [0.5, 0.6) is 5.75 Å². The molecule has 108 valence electrons. The first-order valence-corrected chi connectivity index (χ1v) is 6.74. The molecule has 0 aliphatic rings. The Morgan fingerprint density at radius 1 is 1.40 bits per heavy atom. The monoisotopic (exact) mass is 275 g/mol. The van der Waals surface area contributed by atoms with Gasteiger partial charge in [-0.05, 0) is 30.5 Å². The molecule has 2 heterocycles. The lowest BCUT2D eigenvalue weighted by atomic mass is 10.0. The quantitative estimate of drug-likeness (QED) is 0.590. The van der Waals surface area contributed by atoms with Gasteiger partial charge in [-0.1, -0.05) is 6.92 Å². The lowest BCUT2D eigenvalue weighted by Gasteiger charge is -2.19. The van der Waals surface area contributed by atoms with Crippen LogP contribution in [0.1, 0.15) is 30.6 Å². The lowest BCUT2D eigenvalue weighted by molar-refractivity contribution is 0.389. The van der Waals surface area contributed by atoms with Crippen LogP contribution in [0.2, 0.25) is 0 Å². The van der Waals surface area contributed by atoms with Gasteiger partial charge in [-0.25, -0.2) is 0 Å². The maximum atomic E-state index is 5.74. The summed E-state index contributed by atoms with van der Waals surface area (Å²) in [6.07, 6.45) is 7.06. The molecule has 0 amide bonds. The summed E-state index contributed by atoms with van der Waals surface area (Å²) in [5, 5.41) is 4.37. The Morgan fingerprint density at radius 2 is 2.15 bits per heavy atom. The van der Waals surface area contributed by atoms with E-state index in [4.69, 9.17) is 10.6 Å². The summed E-state index contributed by atoms with van der Waals surface area (Å²) in [5.74, 6) is 6.50. The number of pyridine rings is 1. The highest BCUT2D eigenvalue weighted by Crippen LogP contribution is 2.27. The van der Waals surface area contributed by atoms with Crippen LogP contribution >= 0.6 is 0 Å². The molecule has 0 aliphatic heterocycles. The van der Waals surface area contributed by atoms with Gasteiger partial charge in [0.05, 0.1) is 25.0 Å². The minimum Gasteiger partial charge on any atom is -0.493 e. The molecule has 2 aromatic rings. The molecule has 1 unspecified atom stereocenters. The molecule has 20 heavy (non-hydrogen) atoms. The van der Waals surface area contributed by atoms with Gasteiger partial charge in [0.15, 0.2) is 5.75 Å². The third-order valence-electron chi connectivity index (χ3n) is 3.22. The first kappa shape index (κ1) is 14.5. The summed E-state index contributed by atoms with van der Waals surface area (Å²) < 4.78 is 7.35. The number of rotatable bonds is 7. The largest absolute Gasteiger partial charge is 0.493 e. The van der Waals surface area contributed by atoms with Crippen LogP contribution in [0, 0.1) is 0 Å². The lowest BCUT2D eigenvalue weighted by Crippen LogP contribution is -2.31. The van der Waals surface area contributed by atoms with Gasteiger partial charge in [0, 0.05) is 18.9 Å². The Bertz CT molecular complexity index is 526. The van der Waals surface area contributed by atoms with E-state index in [-0.39, 0.29) is 6.04 Å². The highest BCUT2D eigenvalue weighted by Gasteiger charge is 2.21. The second kappa shape index (κ2) is 7.02. The molecule has 0 bridgehead atoms. The van der Waals surface area contributed by atoms with Crippen LogP contribution in [0.25, 0.3) is 0 Å². The van der Waals surface area contributed by atoms with E-state index in [1.807, 2.05) is 16.8 Å². The molecule has 6 heteroatoms. The van der Waals surface area contributed by atoms with E-state index in [0.29, 0.717) is 0 Å². The average molecular weight is 275 g/mol. The summed E-state index contributed by atoms with van der Waals surface area (Å²) in [5.41, 5.74) is 5.01. The van der Waals surface area contributed by atoms with Crippen molar-refractivity contribution in [3.8, 4) is 5.75 Å². The summed E-state index contributed by atoms with van der Waals surface area (Å²) in [4.78, 5) is 4.03. The van der Waals surface area contributed by atoms with Crippen molar-refractivity contribution in [1.82, 2.24) is 20.2 Å². The summed E-state index contributed by atoms with van der Waals surface area (Å²) in [6, 6.07) is 3.91. The standard InChI is InChI=1S/C14H21N5O/c1-3-8-19-14(13(20-2)10-17-19)12(18-15)9-11-4-6-16-7-5-11/h4-7,10,12,18H,3,8-9,15H2,1-2H3. The molecule has 2 rings (SSSR count). The molecule has 2 aromatic heterocycles. The second-order valence-electron chi connectivity index (χ2n) is 4.60. The zero-order valence-corrected chi connectivity index (χ0v) is 11.9. The van der Waals surface area contributed by atoms with Crippen molar-refractivity contribution in [3.05, 3.63) is 42.0 Å². The first-order valence-electron chi connectivity index (χ1n) is 6.74. The number of methoxy groups -OCH3 is 1. The van der Waals surface area contributed by atoms with E-state index in [0.717, 1.165) is 36.4 Å². The number of ether oxygens (including phenoxy) is 1. The summed E-state index contributed by atoms with van der Waals surface area (Å²) in [6.45, 7) is 2.96. The number of aryl methyl sites for hydroxylation is 1. The fraction of sp³-hybridized carbons (Fsp3) is 0.429. The zero-order valence-electron chi connectivity index (χ0n) is 11.9. The predicted octanol–water partition coefficient (Wildman–Crippen LogP) is 1.44.